The number of rotatable bonds is 7. The Bertz CT molecular complexity index is 1340. The van der Waals surface area contributed by atoms with Gasteiger partial charge in [-0.05, 0) is 74.4 Å². The molecular weight excluding hydrogens is 524 g/mol. The molecule has 0 unspecified atom stereocenters. The summed E-state index contributed by atoms with van der Waals surface area (Å²) in [4.78, 5) is 33.2. The number of piperidine rings is 1. The fourth-order valence-electron chi connectivity index (χ4n) is 6.86. The van der Waals surface area contributed by atoms with Crippen molar-refractivity contribution < 1.29 is 18.0 Å². The van der Waals surface area contributed by atoms with Crippen LogP contribution < -0.4 is 5.32 Å². The molecule has 8 nitrogen and oxygen atoms in total. The lowest BCUT2D eigenvalue weighted by Crippen LogP contribution is -2.46. The standard InChI is InChI=1S/C31H40N4O4S/c1-40(38,39)27-11-7-23(8-12-27)19-34-18-15-31(29(34)36)13-16-33(17-14-31)20-25-21-35(30(37)32-26-9-10-26)22-28(25)24-5-3-2-4-6-24/h2-8,11-12,25-26,28H,9-10,13-22H2,1H3,(H,32,37)/t25-,28+/m0/s1. The van der Waals surface area contributed by atoms with Crippen LogP contribution in [-0.2, 0) is 21.2 Å². The van der Waals surface area contributed by atoms with Crippen molar-refractivity contribution in [2.75, 3.05) is 45.5 Å². The average Bonchev–Trinajstić information content (AvgIpc) is 3.59. The van der Waals surface area contributed by atoms with Crippen LogP contribution in [0.2, 0.25) is 0 Å². The second kappa shape index (κ2) is 10.8. The Morgan fingerprint density at radius 3 is 2.27 bits per heavy atom. The number of urea groups is 1. The van der Waals surface area contributed by atoms with E-state index in [0.29, 0.717) is 29.3 Å². The van der Waals surface area contributed by atoms with Gasteiger partial charge in [0, 0.05) is 50.9 Å². The van der Waals surface area contributed by atoms with Gasteiger partial charge in [-0.2, -0.15) is 0 Å². The summed E-state index contributed by atoms with van der Waals surface area (Å²) >= 11 is 0. The average molecular weight is 565 g/mol. The highest BCUT2D eigenvalue weighted by molar-refractivity contribution is 7.90. The van der Waals surface area contributed by atoms with Crippen LogP contribution in [0.15, 0.2) is 59.5 Å². The molecule has 214 valence electrons. The maximum atomic E-state index is 13.6. The lowest BCUT2D eigenvalue weighted by Gasteiger charge is -2.39. The summed E-state index contributed by atoms with van der Waals surface area (Å²) in [5.74, 6) is 0.928. The van der Waals surface area contributed by atoms with Gasteiger partial charge in [0.25, 0.3) is 0 Å². The van der Waals surface area contributed by atoms with Crippen LogP contribution in [0.25, 0.3) is 0 Å². The molecular formula is C31H40N4O4S. The van der Waals surface area contributed by atoms with Crippen LogP contribution in [-0.4, -0.2) is 86.6 Å². The normalized spacial score (nSPS) is 25.1. The Labute approximate surface area is 237 Å². The number of likely N-dealkylation sites (tertiary alicyclic amines) is 3. The van der Waals surface area contributed by atoms with Crippen molar-refractivity contribution >= 4 is 21.8 Å². The second-order valence-electron chi connectivity index (χ2n) is 12.4. The maximum absolute atomic E-state index is 13.6. The Balaban J connectivity index is 1.06. The fourth-order valence-corrected chi connectivity index (χ4v) is 7.49. The molecule has 0 radical (unpaired) electrons. The largest absolute Gasteiger partial charge is 0.338 e. The summed E-state index contributed by atoms with van der Waals surface area (Å²) in [5.41, 5.74) is 1.97. The first kappa shape index (κ1) is 27.3. The number of benzene rings is 2. The molecule has 0 aromatic heterocycles. The van der Waals surface area contributed by atoms with Crippen molar-refractivity contribution in [1.82, 2.24) is 20.0 Å². The molecule has 1 aliphatic carbocycles. The molecule has 40 heavy (non-hydrogen) atoms. The van der Waals surface area contributed by atoms with Crippen molar-refractivity contribution in [1.29, 1.82) is 0 Å². The van der Waals surface area contributed by atoms with Crippen LogP contribution in [0.1, 0.15) is 49.1 Å². The minimum absolute atomic E-state index is 0.0751. The van der Waals surface area contributed by atoms with E-state index >= 15 is 0 Å². The zero-order valence-electron chi connectivity index (χ0n) is 23.3. The third-order valence-electron chi connectivity index (χ3n) is 9.49. The molecule has 3 amide bonds. The van der Waals surface area contributed by atoms with Gasteiger partial charge in [-0.1, -0.05) is 42.5 Å². The third kappa shape index (κ3) is 5.77. The molecule has 4 fully saturated rings. The van der Waals surface area contributed by atoms with Crippen LogP contribution in [0.3, 0.4) is 0 Å². The van der Waals surface area contributed by atoms with Crippen molar-refractivity contribution in [3.63, 3.8) is 0 Å². The van der Waals surface area contributed by atoms with Gasteiger partial charge in [0.05, 0.1) is 10.3 Å². The van der Waals surface area contributed by atoms with E-state index in [1.165, 1.54) is 11.8 Å². The highest BCUT2D eigenvalue weighted by atomic mass is 32.2. The molecule has 1 spiro atoms. The molecule has 1 N–H and O–H groups in total. The number of nitrogens with one attached hydrogen (secondary N) is 1. The quantitative estimate of drug-likeness (QED) is 0.556. The van der Waals surface area contributed by atoms with Gasteiger partial charge in [0.1, 0.15) is 0 Å². The number of nitrogens with zero attached hydrogens (tertiary/aromatic N) is 3. The number of hydrogen-bond donors (Lipinski definition) is 1. The van der Waals surface area contributed by atoms with Gasteiger partial charge in [-0.3, -0.25) is 4.79 Å². The molecule has 2 aromatic rings. The lowest BCUT2D eigenvalue weighted by molar-refractivity contribution is -0.139. The van der Waals surface area contributed by atoms with Crippen LogP contribution >= 0.6 is 0 Å². The topological polar surface area (TPSA) is 90.0 Å². The first-order valence-electron chi connectivity index (χ1n) is 14.6. The van der Waals surface area contributed by atoms with Crippen molar-refractivity contribution in [3.8, 4) is 0 Å². The molecule has 1 saturated carbocycles. The number of carbonyl (C=O) groups excluding carboxylic acids is 2. The zero-order valence-corrected chi connectivity index (χ0v) is 24.1. The van der Waals surface area contributed by atoms with E-state index in [4.69, 9.17) is 0 Å². The predicted molar refractivity (Wildman–Crippen MR) is 153 cm³/mol. The molecule has 6 rings (SSSR count). The van der Waals surface area contributed by atoms with Gasteiger partial charge in [0.15, 0.2) is 9.84 Å². The van der Waals surface area contributed by atoms with Gasteiger partial charge in [-0.15, -0.1) is 0 Å². The summed E-state index contributed by atoms with van der Waals surface area (Å²) in [5, 5.41) is 3.16. The Hall–Kier alpha value is -2.91. The Morgan fingerprint density at radius 2 is 1.62 bits per heavy atom. The molecule has 3 saturated heterocycles. The summed E-state index contributed by atoms with van der Waals surface area (Å²) in [6.45, 7) is 5.52. The van der Waals surface area contributed by atoms with Crippen molar-refractivity contribution in [3.05, 3.63) is 65.7 Å². The Morgan fingerprint density at radius 1 is 0.950 bits per heavy atom. The van der Waals surface area contributed by atoms with Crippen molar-refractivity contribution in [2.24, 2.45) is 11.3 Å². The van der Waals surface area contributed by atoms with Gasteiger partial charge in [0.2, 0.25) is 5.91 Å². The van der Waals surface area contributed by atoms with Crippen molar-refractivity contribution in [2.45, 2.75) is 55.5 Å². The summed E-state index contributed by atoms with van der Waals surface area (Å²) in [6.07, 6.45) is 6.00. The summed E-state index contributed by atoms with van der Waals surface area (Å²) in [6, 6.07) is 17.9. The SMILES string of the molecule is CS(=O)(=O)c1ccc(CN2CCC3(CCN(C[C@H]4CN(C(=O)NC5CC5)C[C@@H]4c4ccccc4)CC3)C2=O)cc1. The first-order valence-corrected chi connectivity index (χ1v) is 16.5. The maximum Gasteiger partial charge on any atom is 0.317 e. The molecule has 2 atom stereocenters. The zero-order chi connectivity index (χ0) is 27.9. The monoisotopic (exact) mass is 564 g/mol. The smallest absolute Gasteiger partial charge is 0.317 e. The van der Waals surface area contributed by atoms with Crippen LogP contribution in [0, 0.1) is 11.3 Å². The molecule has 3 heterocycles. The van der Waals surface area contributed by atoms with Gasteiger partial charge in [-0.25, -0.2) is 13.2 Å². The van der Waals surface area contributed by atoms with E-state index in [2.05, 4.69) is 34.5 Å². The number of hydrogen-bond acceptors (Lipinski definition) is 5. The number of carbonyl (C=O) groups is 2. The number of amides is 3. The molecule has 0 bridgehead atoms. The highest BCUT2D eigenvalue weighted by Crippen LogP contribution is 2.43. The highest BCUT2D eigenvalue weighted by Gasteiger charge is 2.48. The minimum atomic E-state index is -3.23. The number of sulfone groups is 1. The van der Waals surface area contributed by atoms with Gasteiger partial charge < -0.3 is 20.0 Å². The summed E-state index contributed by atoms with van der Waals surface area (Å²) < 4.78 is 23.5. The third-order valence-corrected chi connectivity index (χ3v) is 10.6. The van der Waals surface area contributed by atoms with E-state index in [1.807, 2.05) is 28.0 Å². The van der Waals surface area contributed by atoms with Crippen LogP contribution in [0.5, 0.6) is 0 Å². The molecule has 3 aliphatic heterocycles. The Kier molecular flexibility index (Phi) is 7.38. The predicted octanol–water partition coefficient (Wildman–Crippen LogP) is 3.49. The van der Waals surface area contributed by atoms with Gasteiger partial charge >= 0.3 is 6.03 Å². The second-order valence-corrected chi connectivity index (χ2v) is 14.4. The van der Waals surface area contributed by atoms with E-state index in [1.54, 1.807) is 12.1 Å². The molecule has 2 aromatic carbocycles. The van der Waals surface area contributed by atoms with E-state index < -0.39 is 9.84 Å². The molecule has 4 aliphatic rings. The van der Waals surface area contributed by atoms with E-state index in [0.717, 1.165) is 76.9 Å². The fraction of sp³-hybridized carbons (Fsp3) is 0.548. The molecule has 9 heteroatoms. The summed E-state index contributed by atoms with van der Waals surface area (Å²) in [7, 11) is -3.23. The van der Waals surface area contributed by atoms with E-state index in [9.17, 15) is 18.0 Å². The van der Waals surface area contributed by atoms with E-state index in [-0.39, 0.29) is 17.4 Å². The lowest BCUT2D eigenvalue weighted by atomic mass is 9.76. The minimum Gasteiger partial charge on any atom is -0.338 e. The van der Waals surface area contributed by atoms with Crippen LogP contribution in [0.4, 0.5) is 4.79 Å². The first-order chi connectivity index (χ1) is 19.2.